The first-order valence-corrected chi connectivity index (χ1v) is 1.90. The molecule has 40 valence electrons. The van der Waals surface area contributed by atoms with Gasteiger partial charge in [0.05, 0.1) is 6.21 Å². The second-order valence-electron chi connectivity index (χ2n) is 0.873. The van der Waals surface area contributed by atoms with E-state index in [9.17, 15) is 4.79 Å². The minimum Gasteiger partial charge on any atom is -0.399 e. The van der Waals surface area contributed by atoms with Gasteiger partial charge < -0.3 is 9.63 Å². The first-order valence-electron chi connectivity index (χ1n) is 1.90. The molecule has 0 fully saturated rings. The van der Waals surface area contributed by atoms with Crippen LogP contribution in [0.2, 0.25) is 0 Å². The lowest BCUT2D eigenvalue weighted by Gasteiger charge is -1.78. The molecule has 0 unspecified atom stereocenters. The van der Waals surface area contributed by atoms with E-state index in [0.717, 1.165) is 6.29 Å². The summed E-state index contributed by atoms with van der Waals surface area (Å²) in [5, 5.41) is 3.31. The minimum atomic E-state index is 0.327. The van der Waals surface area contributed by atoms with Crippen LogP contribution in [0.3, 0.4) is 0 Å². The number of carbonyl (C=O) groups excluding carboxylic acids is 1. The Hall–Kier alpha value is -0.860. The third kappa shape index (κ3) is 5.14. The maximum Gasteiger partial charge on any atom is 0.125 e. The van der Waals surface area contributed by atoms with Crippen LogP contribution in [0.1, 0.15) is 6.42 Å². The molecule has 0 aliphatic heterocycles. The van der Waals surface area contributed by atoms with Gasteiger partial charge in [-0.3, -0.25) is 0 Å². The van der Waals surface area contributed by atoms with Crippen LogP contribution in [-0.4, -0.2) is 19.6 Å². The van der Waals surface area contributed by atoms with E-state index in [1.807, 2.05) is 0 Å². The van der Waals surface area contributed by atoms with Crippen molar-refractivity contribution in [3.8, 4) is 0 Å². The molecule has 0 amide bonds. The quantitative estimate of drug-likeness (QED) is 0.289. The molecular weight excluding hydrogens is 94.0 g/mol. The van der Waals surface area contributed by atoms with Crippen LogP contribution in [0, 0.1) is 0 Å². The highest BCUT2D eigenvalue weighted by atomic mass is 16.6. The van der Waals surface area contributed by atoms with Crippen LogP contribution in [0.25, 0.3) is 0 Å². The number of hydrogen-bond donors (Lipinski definition) is 0. The Kier molecular flexibility index (Phi) is 4.51. The van der Waals surface area contributed by atoms with E-state index in [-0.39, 0.29) is 0 Å². The molecule has 0 atom stereocenters. The Morgan fingerprint density at radius 3 is 3.00 bits per heavy atom. The first kappa shape index (κ1) is 6.14. The maximum atomic E-state index is 9.53. The second kappa shape index (κ2) is 5.14. The van der Waals surface area contributed by atoms with Gasteiger partial charge in [-0.05, 0) is 0 Å². The fourth-order valence-electron chi connectivity index (χ4n) is 0.161. The topological polar surface area (TPSA) is 38.7 Å². The first-order chi connectivity index (χ1) is 3.41. The number of oxime groups is 1. The molecule has 0 aromatic rings. The Labute approximate surface area is 42.0 Å². The lowest BCUT2D eigenvalue weighted by molar-refractivity contribution is -0.106. The fraction of sp³-hybridized carbons (Fsp3) is 0.500. The molecule has 0 heterocycles. The van der Waals surface area contributed by atoms with Gasteiger partial charge in [0.15, 0.2) is 0 Å². The molecule has 0 radical (unpaired) electrons. The van der Waals surface area contributed by atoms with Gasteiger partial charge in [0.1, 0.15) is 13.4 Å². The van der Waals surface area contributed by atoms with Crippen molar-refractivity contribution < 1.29 is 9.63 Å². The molecule has 3 nitrogen and oxygen atoms in total. The number of nitrogens with zero attached hydrogens (tertiary/aromatic N) is 1. The third-order valence-corrected chi connectivity index (χ3v) is 0.382. The summed E-state index contributed by atoms with van der Waals surface area (Å²) in [6.45, 7) is 0. The van der Waals surface area contributed by atoms with E-state index < -0.39 is 0 Å². The number of aldehydes is 1. The van der Waals surface area contributed by atoms with Crippen LogP contribution in [-0.2, 0) is 9.63 Å². The molecule has 0 saturated heterocycles. The zero-order valence-electron chi connectivity index (χ0n) is 4.13. The van der Waals surface area contributed by atoms with Crippen LogP contribution in [0.5, 0.6) is 0 Å². The van der Waals surface area contributed by atoms with Gasteiger partial charge in [-0.15, -0.1) is 0 Å². The second-order valence-corrected chi connectivity index (χ2v) is 0.873. The van der Waals surface area contributed by atoms with Crippen LogP contribution < -0.4 is 0 Å². The molecule has 0 aromatic carbocycles. The number of hydrogen-bond acceptors (Lipinski definition) is 3. The maximum absolute atomic E-state index is 9.53. The van der Waals surface area contributed by atoms with Crippen molar-refractivity contribution in [2.24, 2.45) is 5.16 Å². The van der Waals surface area contributed by atoms with Gasteiger partial charge in [0.2, 0.25) is 0 Å². The number of rotatable bonds is 3. The Morgan fingerprint density at radius 1 is 1.86 bits per heavy atom. The highest BCUT2D eigenvalue weighted by molar-refractivity contribution is 5.75. The van der Waals surface area contributed by atoms with E-state index in [1.54, 1.807) is 0 Å². The predicted octanol–water partition coefficient (Wildman–Crippen LogP) is 0.208. The van der Waals surface area contributed by atoms with Crippen molar-refractivity contribution in [1.82, 2.24) is 0 Å². The zero-order valence-corrected chi connectivity index (χ0v) is 4.13. The van der Waals surface area contributed by atoms with Crippen molar-refractivity contribution in [3.63, 3.8) is 0 Å². The average Bonchev–Trinajstić information content (AvgIpc) is 1.69. The molecular formula is C4H7NO2. The molecule has 3 heteroatoms. The van der Waals surface area contributed by atoms with Gasteiger partial charge >= 0.3 is 0 Å². The van der Waals surface area contributed by atoms with E-state index in [1.165, 1.54) is 13.3 Å². The van der Waals surface area contributed by atoms with Crippen molar-refractivity contribution in [2.45, 2.75) is 6.42 Å². The molecule has 0 spiro atoms. The fourth-order valence-corrected chi connectivity index (χ4v) is 0.161. The van der Waals surface area contributed by atoms with Gasteiger partial charge in [-0.25, -0.2) is 0 Å². The normalized spacial score (nSPS) is 9.29. The molecule has 0 bridgehead atoms. The van der Waals surface area contributed by atoms with Gasteiger partial charge in [0.25, 0.3) is 0 Å². The van der Waals surface area contributed by atoms with Crippen LogP contribution in [0.15, 0.2) is 5.16 Å². The van der Waals surface area contributed by atoms with Crippen LogP contribution >= 0.6 is 0 Å². The summed E-state index contributed by atoms with van der Waals surface area (Å²) in [5.74, 6) is 0. The third-order valence-electron chi connectivity index (χ3n) is 0.382. The lowest BCUT2D eigenvalue weighted by atomic mass is 10.5. The van der Waals surface area contributed by atoms with E-state index in [2.05, 4.69) is 9.99 Å². The van der Waals surface area contributed by atoms with Crippen molar-refractivity contribution in [3.05, 3.63) is 0 Å². The summed E-state index contributed by atoms with van der Waals surface area (Å²) in [6, 6.07) is 0. The summed E-state index contributed by atoms with van der Waals surface area (Å²) < 4.78 is 0. The Bertz CT molecular complexity index is 70.1. The Balaban J connectivity index is 2.92. The van der Waals surface area contributed by atoms with Gasteiger partial charge in [-0.2, -0.15) is 0 Å². The highest BCUT2D eigenvalue weighted by Crippen LogP contribution is 1.65. The van der Waals surface area contributed by atoms with Crippen molar-refractivity contribution in [2.75, 3.05) is 7.11 Å². The van der Waals surface area contributed by atoms with E-state index in [4.69, 9.17) is 0 Å². The smallest absolute Gasteiger partial charge is 0.125 e. The summed E-state index contributed by atoms with van der Waals surface area (Å²) in [7, 11) is 1.43. The van der Waals surface area contributed by atoms with E-state index in [0.29, 0.717) is 6.42 Å². The monoisotopic (exact) mass is 101 g/mol. The molecule has 0 aromatic heterocycles. The molecule has 0 aliphatic rings. The van der Waals surface area contributed by atoms with E-state index >= 15 is 0 Å². The molecule has 0 saturated carbocycles. The number of carbonyl (C=O) groups is 1. The highest BCUT2D eigenvalue weighted by Gasteiger charge is 1.68. The minimum absolute atomic E-state index is 0.327. The predicted molar refractivity (Wildman–Crippen MR) is 26.2 cm³/mol. The average molecular weight is 101 g/mol. The SMILES string of the molecule is CO/N=C/CC=O. The summed E-state index contributed by atoms with van der Waals surface area (Å²) in [4.78, 5) is 13.8. The molecule has 0 aliphatic carbocycles. The summed E-state index contributed by atoms with van der Waals surface area (Å²) in [6.07, 6.45) is 2.48. The summed E-state index contributed by atoms with van der Waals surface area (Å²) >= 11 is 0. The molecule has 7 heavy (non-hydrogen) atoms. The Morgan fingerprint density at radius 2 is 2.57 bits per heavy atom. The van der Waals surface area contributed by atoms with Crippen molar-refractivity contribution >= 4 is 12.5 Å². The largest absolute Gasteiger partial charge is 0.399 e. The zero-order chi connectivity index (χ0) is 5.54. The van der Waals surface area contributed by atoms with Crippen LogP contribution in [0.4, 0.5) is 0 Å². The van der Waals surface area contributed by atoms with Gasteiger partial charge in [-0.1, -0.05) is 5.16 Å². The van der Waals surface area contributed by atoms with Crippen molar-refractivity contribution in [1.29, 1.82) is 0 Å². The molecule has 0 N–H and O–H groups in total. The van der Waals surface area contributed by atoms with Gasteiger partial charge in [0, 0.05) is 6.42 Å². The lowest BCUT2D eigenvalue weighted by Crippen LogP contribution is -1.75. The standard InChI is InChI=1S/C4H7NO2/c1-7-5-3-2-4-6/h3-4H,2H2,1H3/b5-3+. The molecule has 0 rings (SSSR count). The summed E-state index contributed by atoms with van der Waals surface area (Å²) in [5.41, 5.74) is 0.